The van der Waals surface area contributed by atoms with Crippen molar-refractivity contribution < 1.29 is 41.5 Å². The minimum absolute atomic E-state index is 0. The van der Waals surface area contributed by atoms with Crippen LogP contribution in [0.5, 0.6) is 0 Å². The SMILES string of the molecule is [Ge].[P].[Pt].[Re]. The summed E-state index contributed by atoms with van der Waals surface area (Å²) in [6.45, 7) is 0. The van der Waals surface area contributed by atoms with Gasteiger partial charge in [-0.25, -0.2) is 0 Å². The maximum atomic E-state index is 0. The van der Waals surface area contributed by atoms with Crippen LogP contribution in [0, 0.1) is 0 Å². The van der Waals surface area contributed by atoms with Crippen LogP contribution in [0.25, 0.3) is 0 Å². The zero-order valence-electron chi connectivity index (χ0n) is 1.64. The molecule has 26 valence electrons. The Balaban J connectivity index is 0. The summed E-state index contributed by atoms with van der Waals surface area (Å²) < 4.78 is 0. The Kier molecular flexibility index (Phi) is 153. The van der Waals surface area contributed by atoms with Crippen molar-refractivity contribution in [1.29, 1.82) is 0 Å². The van der Waals surface area contributed by atoms with Crippen molar-refractivity contribution in [2.45, 2.75) is 0 Å². The Morgan fingerprint density at radius 1 is 1.00 bits per heavy atom. The second-order valence-corrected chi connectivity index (χ2v) is 0. The van der Waals surface area contributed by atoms with Crippen LogP contribution in [0.3, 0.4) is 0 Å². The summed E-state index contributed by atoms with van der Waals surface area (Å²) in [6, 6.07) is 0. The average molecular weight is 485 g/mol. The molecule has 0 bridgehead atoms. The van der Waals surface area contributed by atoms with Crippen LogP contribution < -0.4 is 0 Å². The predicted octanol–water partition coefficient (Wildman–Crippen LogP) is 0.475. The van der Waals surface area contributed by atoms with Crippen molar-refractivity contribution in [3.63, 3.8) is 0 Å². The van der Waals surface area contributed by atoms with Gasteiger partial charge in [-0.15, -0.1) is 0 Å². The second-order valence-electron chi connectivity index (χ2n) is 0. The molecule has 0 N–H and O–H groups in total. The molecule has 0 aromatic heterocycles. The van der Waals surface area contributed by atoms with Gasteiger partial charge in [-0.3, -0.25) is 0 Å². The van der Waals surface area contributed by atoms with Crippen molar-refractivity contribution in [2.24, 2.45) is 0 Å². The van der Waals surface area contributed by atoms with Crippen LogP contribution in [0.15, 0.2) is 0 Å². The molecule has 0 rings (SSSR count). The number of hydrogen-bond acceptors (Lipinski definition) is 0. The molecule has 0 fully saturated rings. The fourth-order valence-corrected chi connectivity index (χ4v) is 0. The summed E-state index contributed by atoms with van der Waals surface area (Å²) in [5.41, 5.74) is 0. The van der Waals surface area contributed by atoms with E-state index < -0.39 is 0 Å². The summed E-state index contributed by atoms with van der Waals surface area (Å²) in [5, 5.41) is 0. The predicted molar refractivity (Wildman–Crippen MR) is 12.7 cm³/mol. The molecule has 0 saturated heterocycles. The summed E-state index contributed by atoms with van der Waals surface area (Å²) in [5.74, 6) is 0. The van der Waals surface area contributed by atoms with Gasteiger partial charge in [0.2, 0.25) is 0 Å². The van der Waals surface area contributed by atoms with E-state index in [0.29, 0.717) is 0 Å². The largest absolute Gasteiger partial charge is 0 e. The Labute approximate surface area is 68.4 Å². The van der Waals surface area contributed by atoms with Gasteiger partial charge in [-0.05, 0) is 0 Å². The van der Waals surface area contributed by atoms with Crippen LogP contribution in [0.2, 0.25) is 0 Å². The van der Waals surface area contributed by atoms with Crippen molar-refractivity contribution >= 4 is 27.5 Å². The second kappa shape index (κ2) is 18.4. The molecule has 0 heterocycles. The smallest absolute Gasteiger partial charge is 0 e. The van der Waals surface area contributed by atoms with Gasteiger partial charge in [0.05, 0.1) is 0 Å². The molecule has 0 aromatic carbocycles. The van der Waals surface area contributed by atoms with E-state index in [1.807, 2.05) is 0 Å². The normalized spacial score (nSPS) is 0. The molecular weight excluding hydrogens is 485 g/mol. The molecule has 0 aliphatic rings. The van der Waals surface area contributed by atoms with E-state index in [1.165, 1.54) is 0 Å². The summed E-state index contributed by atoms with van der Waals surface area (Å²) >= 11 is 0. The van der Waals surface area contributed by atoms with Crippen LogP contribution in [0.1, 0.15) is 0 Å². The molecule has 0 spiro atoms. The van der Waals surface area contributed by atoms with Crippen molar-refractivity contribution in [2.75, 3.05) is 0 Å². The first kappa shape index (κ1) is 33.2. The molecule has 0 aromatic rings. The molecule has 0 amide bonds. The topological polar surface area (TPSA) is 0 Å². The average Bonchev–Trinajstić information content (AvgIpc) is 0. The van der Waals surface area contributed by atoms with Gasteiger partial charge in [0, 0.05) is 69.0 Å². The van der Waals surface area contributed by atoms with Gasteiger partial charge < -0.3 is 0 Å². The van der Waals surface area contributed by atoms with E-state index in [0.717, 1.165) is 0 Å². The molecule has 0 aliphatic heterocycles. The maximum Gasteiger partial charge on any atom is 0 e. The third-order valence-corrected chi connectivity index (χ3v) is 0. The Morgan fingerprint density at radius 2 is 1.00 bits per heavy atom. The first-order chi connectivity index (χ1) is 0. The van der Waals surface area contributed by atoms with Gasteiger partial charge in [-0.2, -0.15) is 0 Å². The zero-order valence-corrected chi connectivity index (χ0v) is 9.62. The molecule has 0 saturated carbocycles. The molecule has 0 unspecified atom stereocenters. The standard InChI is InChI=1S/Ge.P.Pt.Re. The van der Waals surface area contributed by atoms with Gasteiger partial charge >= 0.3 is 0 Å². The van der Waals surface area contributed by atoms with E-state index in [4.69, 9.17) is 0 Å². The molecular formula is GePPtRe. The van der Waals surface area contributed by atoms with Gasteiger partial charge in [-0.1, -0.05) is 0 Å². The van der Waals surface area contributed by atoms with E-state index >= 15 is 0 Å². The summed E-state index contributed by atoms with van der Waals surface area (Å²) in [6.07, 6.45) is 0. The van der Waals surface area contributed by atoms with Crippen LogP contribution in [-0.4, -0.2) is 17.6 Å². The van der Waals surface area contributed by atoms with Crippen LogP contribution >= 0.6 is 9.90 Å². The quantitative estimate of drug-likeness (QED) is 0.347. The molecule has 0 atom stereocenters. The Bertz CT molecular complexity index is 8.00. The van der Waals surface area contributed by atoms with Crippen molar-refractivity contribution in [1.82, 2.24) is 0 Å². The molecule has 4 heteroatoms. The van der Waals surface area contributed by atoms with E-state index in [-0.39, 0.29) is 69.0 Å². The third-order valence-electron chi connectivity index (χ3n) is 0. The van der Waals surface area contributed by atoms with Crippen LogP contribution in [-0.2, 0) is 41.5 Å². The zero-order chi connectivity index (χ0) is 0. The van der Waals surface area contributed by atoms with Gasteiger partial charge in [0.15, 0.2) is 0 Å². The molecule has 4 heavy (non-hydrogen) atoms. The summed E-state index contributed by atoms with van der Waals surface area (Å²) in [7, 11) is 0. The monoisotopic (exact) mass is 487 g/mol. The minimum Gasteiger partial charge on any atom is 0 e. The minimum atomic E-state index is 0. The third kappa shape index (κ3) is 8.85. The first-order valence-electron chi connectivity index (χ1n) is 0. The summed E-state index contributed by atoms with van der Waals surface area (Å²) in [4.78, 5) is 0. The Hall–Kier alpha value is 2.32. The fourth-order valence-electron chi connectivity index (χ4n) is 0. The van der Waals surface area contributed by atoms with Crippen molar-refractivity contribution in [3.8, 4) is 0 Å². The van der Waals surface area contributed by atoms with Crippen molar-refractivity contribution in [3.05, 3.63) is 0 Å². The number of hydrogen-bond donors (Lipinski definition) is 0. The molecule has 8 radical (unpaired) electrons. The molecule has 0 aliphatic carbocycles. The maximum absolute atomic E-state index is 0. The Morgan fingerprint density at radius 3 is 1.00 bits per heavy atom. The number of rotatable bonds is 0. The van der Waals surface area contributed by atoms with E-state index in [1.54, 1.807) is 0 Å². The van der Waals surface area contributed by atoms with E-state index in [2.05, 4.69) is 0 Å². The van der Waals surface area contributed by atoms with Crippen LogP contribution in [0.4, 0.5) is 0 Å². The van der Waals surface area contributed by atoms with Gasteiger partial charge in [0.25, 0.3) is 0 Å². The van der Waals surface area contributed by atoms with Gasteiger partial charge in [0.1, 0.15) is 0 Å². The first-order valence-corrected chi connectivity index (χ1v) is 0. The van der Waals surface area contributed by atoms with E-state index in [9.17, 15) is 0 Å². The fraction of sp³-hybridized carbons (Fsp3) is 0. The molecule has 0 nitrogen and oxygen atoms in total.